The van der Waals surface area contributed by atoms with E-state index in [0.29, 0.717) is 5.78 Å². The topological polar surface area (TPSA) is 64.5 Å². The van der Waals surface area contributed by atoms with E-state index in [4.69, 9.17) is 0 Å². The lowest BCUT2D eigenvalue weighted by Gasteiger charge is -2.19. The van der Waals surface area contributed by atoms with Gasteiger partial charge in [-0.15, -0.1) is 5.10 Å². The average molecular weight is 327 g/mol. The number of hydrogen-bond acceptors (Lipinski definition) is 3. The van der Waals surface area contributed by atoms with Crippen LogP contribution in [0.2, 0.25) is 0 Å². The number of amides is 1. The Hall–Kier alpha value is -2.57. The molecule has 0 bridgehead atoms. The second-order valence-electron chi connectivity index (χ2n) is 6.42. The molecule has 0 atom stereocenters. The Morgan fingerprint density at radius 2 is 1.75 bits per heavy atom. The minimum atomic E-state index is -0.259. The zero-order valence-corrected chi connectivity index (χ0v) is 13.8. The number of imidazole rings is 1. The lowest BCUT2D eigenvalue weighted by atomic mass is 10.2. The standard InChI is InChI=1S/C17H21N5O2/c1-19-13-8-4-5-9-14(13)22-16(19)18-21(17(22)24)12-15(23)20-10-6-2-3-7-11-20/h4-5,8-9H,2-3,6-7,10-12H2,1H3. The van der Waals surface area contributed by atoms with Crippen molar-refractivity contribution < 1.29 is 4.79 Å². The fraction of sp³-hybridized carbons (Fsp3) is 0.471. The molecule has 126 valence electrons. The van der Waals surface area contributed by atoms with Gasteiger partial charge in [0.2, 0.25) is 11.7 Å². The molecule has 1 aromatic carbocycles. The molecular formula is C17H21N5O2. The van der Waals surface area contributed by atoms with Crippen LogP contribution in [-0.2, 0) is 18.4 Å². The Balaban J connectivity index is 1.70. The average Bonchev–Trinajstić information content (AvgIpc) is 2.91. The van der Waals surface area contributed by atoms with Crippen LogP contribution in [0.3, 0.4) is 0 Å². The van der Waals surface area contributed by atoms with Gasteiger partial charge in [-0.2, -0.15) is 0 Å². The van der Waals surface area contributed by atoms with Crippen LogP contribution in [0.25, 0.3) is 16.8 Å². The van der Waals surface area contributed by atoms with Crippen LogP contribution in [0.1, 0.15) is 25.7 Å². The first-order valence-corrected chi connectivity index (χ1v) is 8.47. The van der Waals surface area contributed by atoms with Crippen molar-refractivity contribution >= 4 is 22.7 Å². The lowest BCUT2D eigenvalue weighted by molar-refractivity contribution is -0.132. The molecule has 1 aliphatic heterocycles. The summed E-state index contributed by atoms with van der Waals surface area (Å²) in [5, 5.41) is 4.39. The monoisotopic (exact) mass is 327 g/mol. The first-order chi connectivity index (χ1) is 11.7. The van der Waals surface area contributed by atoms with Gasteiger partial charge in [0.1, 0.15) is 6.54 Å². The number of carbonyl (C=O) groups excluding carboxylic acids is 1. The Labute approximate surface area is 139 Å². The Bertz CT molecular complexity index is 957. The molecule has 3 aromatic rings. The molecular weight excluding hydrogens is 306 g/mol. The van der Waals surface area contributed by atoms with Crippen molar-refractivity contribution in [3.63, 3.8) is 0 Å². The number of hydrogen-bond donors (Lipinski definition) is 0. The van der Waals surface area contributed by atoms with Crippen LogP contribution in [0.15, 0.2) is 29.1 Å². The maximum Gasteiger partial charge on any atom is 0.352 e. The van der Waals surface area contributed by atoms with Gasteiger partial charge in [-0.05, 0) is 25.0 Å². The first kappa shape index (κ1) is 15.0. The Morgan fingerprint density at radius 3 is 2.46 bits per heavy atom. The molecule has 0 saturated carbocycles. The van der Waals surface area contributed by atoms with E-state index >= 15 is 0 Å². The molecule has 3 heterocycles. The minimum Gasteiger partial charge on any atom is -0.341 e. The van der Waals surface area contributed by atoms with Gasteiger partial charge in [-0.3, -0.25) is 4.79 Å². The number of rotatable bonds is 2. The van der Waals surface area contributed by atoms with Gasteiger partial charge < -0.3 is 9.47 Å². The number of carbonyl (C=O) groups is 1. The van der Waals surface area contributed by atoms with Crippen molar-refractivity contribution in [1.82, 2.24) is 23.6 Å². The minimum absolute atomic E-state index is 0.00877. The van der Waals surface area contributed by atoms with Gasteiger partial charge in [0.15, 0.2) is 0 Å². The highest BCUT2D eigenvalue weighted by Gasteiger charge is 2.20. The molecule has 1 fully saturated rings. The summed E-state index contributed by atoms with van der Waals surface area (Å²) in [6.07, 6.45) is 4.42. The van der Waals surface area contributed by atoms with Crippen molar-refractivity contribution in [2.45, 2.75) is 32.2 Å². The van der Waals surface area contributed by atoms with E-state index in [2.05, 4.69) is 5.10 Å². The van der Waals surface area contributed by atoms with E-state index in [0.717, 1.165) is 37.0 Å². The van der Waals surface area contributed by atoms with Crippen molar-refractivity contribution in [2.75, 3.05) is 13.1 Å². The molecule has 0 spiro atoms. The molecule has 4 rings (SSSR count). The zero-order valence-electron chi connectivity index (χ0n) is 13.8. The van der Waals surface area contributed by atoms with Crippen LogP contribution in [0.4, 0.5) is 0 Å². The van der Waals surface area contributed by atoms with Crippen molar-refractivity contribution in [1.29, 1.82) is 0 Å². The van der Waals surface area contributed by atoms with Gasteiger partial charge in [0.05, 0.1) is 11.0 Å². The largest absolute Gasteiger partial charge is 0.352 e. The molecule has 0 unspecified atom stereocenters. The molecule has 24 heavy (non-hydrogen) atoms. The molecule has 0 N–H and O–H groups in total. The van der Waals surface area contributed by atoms with Crippen LogP contribution < -0.4 is 5.69 Å². The quantitative estimate of drug-likeness (QED) is 0.714. The van der Waals surface area contributed by atoms with Gasteiger partial charge in [0, 0.05) is 20.1 Å². The van der Waals surface area contributed by atoms with Gasteiger partial charge in [-0.1, -0.05) is 25.0 Å². The van der Waals surface area contributed by atoms with Crippen LogP contribution >= 0.6 is 0 Å². The van der Waals surface area contributed by atoms with E-state index in [1.807, 2.05) is 40.8 Å². The van der Waals surface area contributed by atoms with Crippen LogP contribution in [-0.4, -0.2) is 42.6 Å². The number of aromatic nitrogens is 4. The third-order valence-corrected chi connectivity index (χ3v) is 4.85. The highest BCUT2D eigenvalue weighted by Crippen LogP contribution is 2.16. The smallest absolute Gasteiger partial charge is 0.341 e. The van der Waals surface area contributed by atoms with Crippen molar-refractivity contribution in [2.24, 2.45) is 7.05 Å². The van der Waals surface area contributed by atoms with Crippen LogP contribution in [0, 0.1) is 0 Å². The first-order valence-electron chi connectivity index (χ1n) is 8.47. The maximum absolute atomic E-state index is 12.7. The summed E-state index contributed by atoms with van der Waals surface area (Å²) < 4.78 is 4.74. The van der Waals surface area contributed by atoms with E-state index < -0.39 is 0 Å². The molecule has 0 aliphatic carbocycles. The molecule has 7 heteroatoms. The predicted molar refractivity (Wildman–Crippen MR) is 91.0 cm³/mol. The fourth-order valence-electron chi connectivity index (χ4n) is 3.52. The molecule has 7 nitrogen and oxygen atoms in total. The van der Waals surface area contributed by atoms with Gasteiger partial charge in [-0.25, -0.2) is 13.9 Å². The normalized spacial score (nSPS) is 16.0. The van der Waals surface area contributed by atoms with Crippen LogP contribution in [0.5, 0.6) is 0 Å². The predicted octanol–water partition coefficient (Wildman–Crippen LogP) is 1.39. The van der Waals surface area contributed by atoms with Crippen molar-refractivity contribution in [3.8, 4) is 0 Å². The number of aryl methyl sites for hydroxylation is 1. The molecule has 1 aliphatic rings. The second-order valence-corrected chi connectivity index (χ2v) is 6.42. The Morgan fingerprint density at radius 1 is 1.08 bits per heavy atom. The summed E-state index contributed by atoms with van der Waals surface area (Å²) in [5.41, 5.74) is 1.50. The second kappa shape index (κ2) is 5.81. The summed E-state index contributed by atoms with van der Waals surface area (Å²) in [6, 6.07) is 7.68. The summed E-state index contributed by atoms with van der Waals surface area (Å²) in [7, 11) is 1.88. The lowest BCUT2D eigenvalue weighted by Crippen LogP contribution is -2.37. The summed E-state index contributed by atoms with van der Waals surface area (Å²) in [5.74, 6) is 0.538. The van der Waals surface area contributed by atoms with Gasteiger partial charge in [0.25, 0.3) is 0 Å². The molecule has 1 amide bonds. The van der Waals surface area contributed by atoms with E-state index in [9.17, 15) is 9.59 Å². The van der Waals surface area contributed by atoms with E-state index in [-0.39, 0.29) is 18.1 Å². The zero-order chi connectivity index (χ0) is 16.7. The van der Waals surface area contributed by atoms with E-state index in [1.165, 1.54) is 17.5 Å². The third kappa shape index (κ3) is 2.31. The maximum atomic E-state index is 12.7. The van der Waals surface area contributed by atoms with Crippen molar-refractivity contribution in [3.05, 3.63) is 34.7 Å². The molecule has 1 saturated heterocycles. The number of para-hydroxylation sites is 2. The summed E-state index contributed by atoms with van der Waals surface area (Å²) >= 11 is 0. The summed E-state index contributed by atoms with van der Waals surface area (Å²) in [4.78, 5) is 27.1. The van der Waals surface area contributed by atoms with Gasteiger partial charge >= 0.3 is 5.69 Å². The molecule has 2 aromatic heterocycles. The summed E-state index contributed by atoms with van der Waals surface area (Å²) in [6.45, 7) is 1.57. The fourth-order valence-corrected chi connectivity index (χ4v) is 3.52. The number of likely N-dealkylation sites (tertiary alicyclic amines) is 1. The number of fused-ring (bicyclic) bond motifs is 3. The third-order valence-electron chi connectivity index (χ3n) is 4.85. The number of benzene rings is 1. The van der Waals surface area contributed by atoms with E-state index in [1.54, 1.807) is 4.40 Å². The highest BCUT2D eigenvalue weighted by molar-refractivity contribution is 5.80. The Kier molecular flexibility index (Phi) is 3.63. The highest BCUT2D eigenvalue weighted by atomic mass is 16.2. The SMILES string of the molecule is Cn1c2ccccc2n2c(=O)n(CC(=O)N3CCCCCC3)nc12. The number of nitrogens with zero attached hydrogens (tertiary/aromatic N) is 5. The molecule has 0 radical (unpaired) electrons.